The molecule has 3 heterocycles. The minimum absolute atomic E-state index is 0.273. The largest absolute Gasteiger partial charge is 0.378 e. The topological polar surface area (TPSA) is 80.2 Å². The molecule has 0 aliphatic carbocycles. The van der Waals surface area contributed by atoms with E-state index in [-0.39, 0.29) is 5.91 Å². The van der Waals surface area contributed by atoms with Gasteiger partial charge in [0.25, 0.3) is 5.91 Å². The average Bonchev–Trinajstić information content (AvgIpc) is 3.06. The second kappa shape index (κ2) is 6.73. The van der Waals surface area contributed by atoms with Gasteiger partial charge in [-0.15, -0.1) is 0 Å². The van der Waals surface area contributed by atoms with Crippen molar-refractivity contribution in [2.24, 2.45) is 0 Å². The first-order chi connectivity index (χ1) is 12.2. The van der Waals surface area contributed by atoms with Crippen LogP contribution in [0.4, 0.5) is 10.8 Å². The molecule has 25 heavy (non-hydrogen) atoms. The molecule has 128 valence electrons. The van der Waals surface area contributed by atoms with Crippen LogP contribution < -0.4 is 10.2 Å². The highest BCUT2D eigenvalue weighted by atomic mass is 32.1. The summed E-state index contributed by atoms with van der Waals surface area (Å²) in [6.07, 6.45) is 3.06. The van der Waals surface area contributed by atoms with Crippen molar-refractivity contribution in [3.05, 3.63) is 42.0 Å². The molecule has 4 rings (SSSR count). The number of fused-ring (bicyclic) bond motifs is 1. The number of benzene rings is 1. The first-order valence-electron chi connectivity index (χ1n) is 8.02. The van der Waals surface area contributed by atoms with Gasteiger partial charge in [-0.05, 0) is 25.1 Å². The summed E-state index contributed by atoms with van der Waals surface area (Å²) in [5.74, 6) is -0.273. The fourth-order valence-electron chi connectivity index (χ4n) is 2.59. The zero-order valence-corrected chi connectivity index (χ0v) is 14.5. The Morgan fingerprint density at radius 3 is 2.84 bits per heavy atom. The normalized spacial score (nSPS) is 14.7. The molecule has 3 aromatic rings. The number of morpholine rings is 1. The van der Waals surface area contributed by atoms with E-state index in [4.69, 9.17) is 4.74 Å². The highest BCUT2D eigenvalue weighted by Crippen LogP contribution is 2.31. The summed E-state index contributed by atoms with van der Waals surface area (Å²) in [5, 5.41) is 3.85. The van der Waals surface area contributed by atoms with Crippen molar-refractivity contribution in [3.63, 3.8) is 0 Å². The summed E-state index contributed by atoms with van der Waals surface area (Å²) in [7, 11) is 0. The Kier molecular flexibility index (Phi) is 4.29. The van der Waals surface area contributed by atoms with E-state index >= 15 is 0 Å². The van der Waals surface area contributed by atoms with Crippen LogP contribution in [0.2, 0.25) is 0 Å². The van der Waals surface area contributed by atoms with Crippen molar-refractivity contribution in [3.8, 4) is 0 Å². The van der Waals surface area contributed by atoms with Gasteiger partial charge < -0.3 is 15.0 Å². The molecule has 7 nitrogen and oxygen atoms in total. The summed E-state index contributed by atoms with van der Waals surface area (Å²) in [4.78, 5) is 27.4. The minimum atomic E-state index is -0.273. The summed E-state index contributed by atoms with van der Waals surface area (Å²) in [5.41, 5.74) is 2.72. The number of anilines is 2. The minimum Gasteiger partial charge on any atom is -0.378 e. The van der Waals surface area contributed by atoms with E-state index in [0.29, 0.717) is 5.69 Å². The second-order valence-corrected chi connectivity index (χ2v) is 6.78. The number of ether oxygens (including phenoxy) is 1. The number of rotatable bonds is 3. The van der Waals surface area contributed by atoms with Crippen molar-refractivity contribution in [2.75, 3.05) is 36.5 Å². The van der Waals surface area contributed by atoms with Crippen molar-refractivity contribution >= 4 is 38.3 Å². The summed E-state index contributed by atoms with van der Waals surface area (Å²) >= 11 is 1.62. The van der Waals surface area contributed by atoms with Gasteiger partial charge >= 0.3 is 0 Å². The number of carbonyl (C=O) groups is 1. The maximum Gasteiger partial charge on any atom is 0.275 e. The van der Waals surface area contributed by atoms with E-state index in [1.54, 1.807) is 17.5 Å². The van der Waals surface area contributed by atoms with Crippen LogP contribution in [0.1, 0.15) is 16.2 Å². The van der Waals surface area contributed by atoms with Crippen LogP contribution in [0, 0.1) is 6.92 Å². The lowest BCUT2D eigenvalue weighted by molar-refractivity contribution is 0.102. The monoisotopic (exact) mass is 355 g/mol. The van der Waals surface area contributed by atoms with Gasteiger partial charge in [-0.1, -0.05) is 11.3 Å². The van der Waals surface area contributed by atoms with Gasteiger partial charge in [0.1, 0.15) is 5.69 Å². The number of nitrogens with zero attached hydrogens (tertiary/aromatic N) is 4. The van der Waals surface area contributed by atoms with E-state index in [1.807, 2.05) is 25.1 Å². The molecule has 0 bridgehead atoms. The van der Waals surface area contributed by atoms with E-state index in [9.17, 15) is 4.79 Å². The quantitative estimate of drug-likeness (QED) is 0.777. The fraction of sp³-hybridized carbons (Fsp3) is 0.294. The summed E-state index contributed by atoms with van der Waals surface area (Å²) < 4.78 is 6.42. The van der Waals surface area contributed by atoms with Crippen LogP contribution in [0.25, 0.3) is 10.2 Å². The molecule has 1 fully saturated rings. The average molecular weight is 355 g/mol. The Balaban J connectivity index is 1.54. The molecule has 0 saturated carbocycles. The number of thiazole rings is 1. The van der Waals surface area contributed by atoms with E-state index < -0.39 is 0 Å². The number of carbonyl (C=O) groups excluding carboxylic acids is 1. The molecule has 1 N–H and O–H groups in total. The maximum atomic E-state index is 12.3. The van der Waals surface area contributed by atoms with Gasteiger partial charge in [0.2, 0.25) is 0 Å². The third-order valence-corrected chi connectivity index (χ3v) is 5.01. The molecule has 8 heteroatoms. The van der Waals surface area contributed by atoms with Crippen molar-refractivity contribution in [1.29, 1.82) is 0 Å². The van der Waals surface area contributed by atoms with Gasteiger partial charge in [0.15, 0.2) is 5.13 Å². The molecule has 0 spiro atoms. The van der Waals surface area contributed by atoms with Gasteiger partial charge in [-0.25, -0.2) is 9.97 Å². The third kappa shape index (κ3) is 3.45. The standard InChI is InChI=1S/C17H17N5O2S/c1-11-9-19-14(10-18-11)16(23)20-12-2-3-13-15(8-12)25-17(21-13)22-4-6-24-7-5-22/h2-3,8-10H,4-7H2,1H3,(H,20,23). The van der Waals surface area contributed by atoms with E-state index in [0.717, 1.165) is 53.0 Å². The second-order valence-electron chi connectivity index (χ2n) is 5.78. The van der Waals surface area contributed by atoms with Gasteiger partial charge in [0.05, 0.1) is 35.3 Å². The molecule has 1 saturated heterocycles. The van der Waals surface area contributed by atoms with Crippen LogP contribution >= 0.6 is 11.3 Å². The molecule has 1 aromatic carbocycles. The maximum absolute atomic E-state index is 12.3. The molecule has 0 unspecified atom stereocenters. The van der Waals surface area contributed by atoms with Crippen LogP contribution in [-0.4, -0.2) is 47.2 Å². The Labute approximate surface area is 148 Å². The first-order valence-corrected chi connectivity index (χ1v) is 8.84. The number of nitrogens with one attached hydrogen (secondary N) is 1. The third-order valence-electron chi connectivity index (χ3n) is 3.93. The van der Waals surface area contributed by atoms with Crippen molar-refractivity contribution in [1.82, 2.24) is 15.0 Å². The lowest BCUT2D eigenvalue weighted by atomic mass is 10.3. The highest BCUT2D eigenvalue weighted by molar-refractivity contribution is 7.22. The summed E-state index contributed by atoms with van der Waals surface area (Å²) in [6, 6.07) is 5.72. The van der Waals surface area contributed by atoms with Crippen LogP contribution in [0.15, 0.2) is 30.6 Å². The Morgan fingerprint density at radius 1 is 1.24 bits per heavy atom. The highest BCUT2D eigenvalue weighted by Gasteiger charge is 2.16. The lowest BCUT2D eigenvalue weighted by Crippen LogP contribution is -2.36. The Bertz CT molecular complexity index is 903. The SMILES string of the molecule is Cc1cnc(C(=O)Nc2ccc3nc(N4CCOCC4)sc3c2)cn1. The first kappa shape index (κ1) is 15.9. The molecule has 1 aliphatic heterocycles. The predicted molar refractivity (Wildman–Crippen MR) is 97.4 cm³/mol. The number of hydrogen-bond acceptors (Lipinski definition) is 7. The van der Waals surface area contributed by atoms with Gasteiger partial charge in [-0.2, -0.15) is 0 Å². The number of hydrogen-bond donors (Lipinski definition) is 1. The summed E-state index contributed by atoms with van der Waals surface area (Å²) in [6.45, 7) is 5.01. The van der Waals surface area contributed by atoms with Gasteiger partial charge in [0, 0.05) is 25.0 Å². The number of amides is 1. The van der Waals surface area contributed by atoms with Crippen molar-refractivity contribution < 1.29 is 9.53 Å². The molecular weight excluding hydrogens is 338 g/mol. The number of aromatic nitrogens is 3. The van der Waals surface area contributed by atoms with E-state index in [2.05, 4.69) is 25.2 Å². The van der Waals surface area contributed by atoms with Crippen LogP contribution in [0.5, 0.6) is 0 Å². The number of aryl methyl sites for hydroxylation is 1. The molecule has 2 aromatic heterocycles. The van der Waals surface area contributed by atoms with E-state index in [1.165, 1.54) is 6.20 Å². The predicted octanol–water partition coefficient (Wildman–Crippen LogP) is 2.48. The zero-order chi connectivity index (χ0) is 17.2. The van der Waals surface area contributed by atoms with Crippen LogP contribution in [-0.2, 0) is 4.74 Å². The Morgan fingerprint density at radius 2 is 2.08 bits per heavy atom. The fourth-order valence-corrected chi connectivity index (χ4v) is 3.64. The smallest absolute Gasteiger partial charge is 0.275 e. The lowest BCUT2D eigenvalue weighted by Gasteiger charge is -2.25. The van der Waals surface area contributed by atoms with Gasteiger partial charge in [-0.3, -0.25) is 9.78 Å². The molecule has 0 radical (unpaired) electrons. The molecule has 1 amide bonds. The zero-order valence-electron chi connectivity index (χ0n) is 13.7. The van der Waals surface area contributed by atoms with Crippen molar-refractivity contribution in [2.45, 2.75) is 6.92 Å². The Hall–Kier alpha value is -2.58. The van der Waals surface area contributed by atoms with Crippen LogP contribution in [0.3, 0.4) is 0 Å². The molecule has 0 atom stereocenters. The molecule has 1 aliphatic rings. The molecular formula is C17H17N5O2S.